The summed E-state index contributed by atoms with van der Waals surface area (Å²) in [5, 5.41) is 0. The van der Waals surface area contributed by atoms with E-state index >= 15 is 0 Å². The topological polar surface area (TPSA) is 55.8 Å². The van der Waals surface area contributed by atoms with Gasteiger partial charge in [-0.05, 0) is 57.2 Å². The van der Waals surface area contributed by atoms with Crippen molar-refractivity contribution >= 4 is 11.9 Å². The minimum Gasteiger partial charge on any atom is -0.484 e. The number of benzene rings is 1. The molecular formula is C23H30F3NO4. The predicted octanol–water partition coefficient (Wildman–Crippen LogP) is 5.86. The molecule has 5 nitrogen and oxygen atoms in total. The summed E-state index contributed by atoms with van der Waals surface area (Å²) < 4.78 is 51.7. The van der Waals surface area contributed by atoms with Crippen LogP contribution >= 0.6 is 0 Å². The minimum atomic E-state index is -4.55. The molecule has 0 radical (unpaired) electrons. The Kier molecular flexibility index (Phi) is 5.60. The summed E-state index contributed by atoms with van der Waals surface area (Å²) in [5.74, 6) is -0.360. The van der Waals surface area contributed by atoms with E-state index in [4.69, 9.17) is 9.47 Å². The van der Waals surface area contributed by atoms with Gasteiger partial charge < -0.3 is 14.4 Å². The van der Waals surface area contributed by atoms with Gasteiger partial charge in [-0.15, -0.1) is 0 Å². The number of piperidine rings is 1. The standard InChI is InChI=1S/C23H30F3NO4/c1-20(2,3)18-22(10-7-11-27(18)19(29)31-21(4,5)6)13-16(28)15-9-8-14(23(24,25)26)12-17(15)30-22/h8-9,12,18H,7,10-11,13H2,1-6H3. The Morgan fingerprint density at radius 1 is 1.16 bits per heavy atom. The maximum atomic E-state index is 13.3. The Morgan fingerprint density at radius 2 is 1.81 bits per heavy atom. The molecule has 2 aliphatic heterocycles. The molecule has 1 aromatic rings. The van der Waals surface area contributed by atoms with Crippen LogP contribution in [0.25, 0.3) is 0 Å². The molecule has 8 heteroatoms. The molecule has 1 spiro atoms. The van der Waals surface area contributed by atoms with Gasteiger partial charge >= 0.3 is 12.3 Å². The summed E-state index contributed by atoms with van der Waals surface area (Å²) >= 11 is 0. The van der Waals surface area contributed by atoms with Crippen molar-refractivity contribution in [3.05, 3.63) is 29.3 Å². The van der Waals surface area contributed by atoms with E-state index < -0.39 is 40.5 Å². The van der Waals surface area contributed by atoms with Gasteiger partial charge in [0.15, 0.2) is 5.78 Å². The van der Waals surface area contributed by atoms with Gasteiger partial charge in [-0.3, -0.25) is 4.79 Å². The Balaban J connectivity index is 2.06. The molecule has 0 aliphatic carbocycles. The molecule has 1 fully saturated rings. The highest BCUT2D eigenvalue weighted by Gasteiger charge is 2.57. The third-order valence-electron chi connectivity index (χ3n) is 5.64. The molecule has 1 saturated heterocycles. The van der Waals surface area contributed by atoms with Crippen molar-refractivity contribution in [3.63, 3.8) is 0 Å². The predicted molar refractivity (Wildman–Crippen MR) is 109 cm³/mol. The van der Waals surface area contributed by atoms with E-state index in [2.05, 4.69) is 0 Å². The number of fused-ring (bicyclic) bond motifs is 1. The number of carbonyl (C=O) groups excluding carboxylic acids is 2. The lowest BCUT2D eigenvalue weighted by Crippen LogP contribution is -2.67. The van der Waals surface area contributed by atoms with Crippen LogP contribution in [0.3, 0.4) is 0 Å². The summed E-state index contributed by atoms with van der Waals surface area (Å²) in [6.07, 6.45) is -4.07. The van der Waals surface area contributed by atoms with Crippen LogP contribution in [0.1, 0.15) is 76.7 Å². The number of carbonyl (C=O) groups is 2. The van der Waals surface area contributed by atoms with Crippen LogP contribution in [0.15, 0.2) is 18.2 Å². The van der Waals surface area contributed by atoms with Crippen LogP contribution in [0, 0.1) is 5.41 Å². The molecule has 0 N–H and O–H groups in total. The van der Waals surface area contributed by atoms with Gasteiger partial charge in [0.05, 0.1) is 23.6 Å². The van der Waals surface area contributed by atoms with Gasteiger partial charge in [-0.25, -0.2) is 4.79 Å². The SMILES string of the molecule is CC(C)(C)OC(=O)N1CCCC2(CC(=O)c3ccc(C(F)(F)F)cc3O2)C1C(C)(C)C. The highest BCUT2D eigenvalue weighted by molar-refractivity contribution is 6.00. The van der Waals surface area contributed by atoms with E-state index in [9.17, 15) is 22.8 Å². The summed E-state index contributed by atoms with van der Waals surface area (Å²) in [6.45, 7) is 11.5. The maximum absolute atomic E-state index is 13.3. The molecule has 3 rings (SSSR count). The molecular weight excluding hydrogens is 411 g/mol. The first kappa shape index (κ1) is 23.4. The first-order valence-corrected chi connectivity index (χ1v) is 10.5. The van der Waals surface area contributed by atoms with Crippen LogP contribution in [-0.4, -0.2) is 40.6 Å². The number of amides is 1. The lowest BCUT2D eigenvalue weighted by molar-refractivity contribution is -0.138. The highest BCUT2D eigenvalue weighted by Crippen LogP contribution is 2.48. The van der Waals surface area contributed by atoms with Crippen molar-refractivity contribution < 1.29 is 32.2 Å². The number of ketones is 1. The molecule has 2 unspecified atom stereocenters. The highest BCUT2D eigenvalue weighted by atomic mass is 19.4. The normalized spacial score (nSPS) is 24.6. The first-order valence-electron chi connectivity index (χ1n) is 10.5. The Labute approximate surface area is 180 Å². The summed E-state index contributed by atoms with van der Waals surface area (Å²) in [4.78, 5) is 27.6. The molecule has 0 aromatic heterocycles. The van der Waals surface area contributed by atoms with Crippen LogP contribution in [0.2, 0.25) is 0 Å². The molecule has 2 atom stereocenters. The molecule has 1 aromatic carbocycles. The zero-order chi connectivity index (χ0) is 23.4. The second-order valence-electron chi connectivity index (χ2n) is 10.5. The molecule has 2 aliphatic rings. The van der Waals surface area contributed by atoms with Crippen LogP contribution in [0.5, 0.6) is 5.75 Å². The van der Waals surface area contributed by atoms with E-state index in [-0.39, 0.29) is 23.5 Å². The van der Waals surface area contributed by atoms with E-state index in [1.165, 1.54) is 6.07 Å². The van der Waals surface area contributed by atoms with E-state index in [1.54, 1.807) is 25.7 Å². The third-order valence-corrected chi connectivity index (χ3v) is 5.64. The van der Waals surface area contributed by atoms with Crippen molar-refractivity contribution in [1.82, 2.24) is 4.90 Å². The largest absolute Gasteiger partial charge is 0.484 e. The van der Waals surface area contributed by atoms with Crippen LogP contribution in [0.4, 0.5) is 18.0 Å². The number of rotatable bonds is 0. The number of likely N-dealkylation sites (tertiary alicyclic amines) is 1. The number of alkyl halides is 3. The maximum Gasteiger partial charge on any atom is 0.416 e. The minimum absolute atomic E-state index is 0.00734. The fourth-order valence-corrected chi connectivity index (χ4v) is 4.80. The van der Waals surface area contributed by atoms with Gasteiger partial charge in [-0.2, -0.15) is 13.2 Å². The number of nitrogens with zero attached hydrogens (tertiary/aromatic N) is 1. The lowest BCUT2D eigenvalue weighted by atomic mass is 9.68. The molecule has 0 bridgehead atoms. The smallest absolute Gasteiger partial charge is 0.416 e. The number of Topliss-reactive ketones (excluding diaryl/α,β-unsaturated/α-hetero) is 1. The van der Waals surface area contributed by atoms with Crippen molar-refractivity contribution in [2.75, 3.05) is 6.54 Å². The van der Waals surface area contributed by atoms with Gasteiger partial charge in [0, 0.05) is 6.54 Å². The van der Waals surface area contributed by atoms with Gasteiger partial charge in [0.1, 0.15) is 17.0 Å². The Bertz CT molecular complexity index is 882. The summed E-state index contributed by atoms with van der Waals surface area (Å²) in [7, 11) is 0. The average molecular weight is 441 g/mol. The number of halogens is 3. The van der Waals surface area contributed by atoms with E-state index in [0.717, 1.165) is 12.1 Å². The quantitative estimate of drug-likeness (QED) is 0.506. The fraction of sp³-hybridized carbons (Fsp3) is 0.652. The molecule has 0 saturated carbocycles. The molecule has 31 heavy (non-hydrogen) atoms. The molecule has 172 valence electrons. The second-order valence-corrected chi connectivity index (χ2v) is 10.5. The third kappa shape index (κ3) is 4.67. The van der Waals surface area contributed by atoms with Crippen molar-refractivity contribution in [1.29, 1.82) is 0 Å². The molecule has 2 heterocycles. The number of hydrogen-bond donors (Lipinski definition) is 0. The lowest BCUT2D eigenvalue weighted by Gasteiger charge is -2.55. The zero-order valence-electron chi connectivity index (χ0n) is 18.9. The van der Waals surface area contributed by atoms with Crippen LogP contribution in [-0.2, 0) is 10.9 Å². The van der Waals surface area contributed by atoms with E-state index in [1.807, 2.05) is 20.8 Å². The Hall–Kier alpha value is -2.25. The molecule has 1 amide bonds. The number of hydrogen-bond acceptors (Lipinski definition) is 4. The fourth-order valence-electron chi connectivity index (χ4n) is 4.80. The van der Waals surface area contributed by atoms with Crippen molar-refractivity contribution in [2.24, 2.45) is 5.41 Å². The monoisotopic (exact) mass is 441 g/mol. The number of ether oxygens (including phenoxy) is 2. The van der Waals surface area contributed by atoms with Crippen LogP contribution < -0.4 is 4.74 Å². The van der Waals surface area contributed by atoms with Crippen molar-refractivity contribution in [2.45, 2.75) is 84.2 Å². The average Bonchev–Trinajstić information content (AvgIpc) is 2.57. The summed E-state index contributed by atoms with van der Waals surface area (Å²) in [5.41, 5.74) is -3.08. The zero-order valence-corrected chi connectivity index (χ0v) is 18.9. The van der Waals surface area contributed by atoms with Gasteiger partial charge in [0.25, 0.3) is 0 Å². The van der Waals surface area contributed by atoms with E-state index in [0.29, 0.717) is 19.4 Å². The Morgan fingerprint density at radius 3 is 2.35 bits per heavy atom. The first-order chi connectivity index (χ1) is 14.0. The van der Waals surface area contributed by atoms with Gasteiger partial charge in [-0.1, -0.05) is 20.8 Å². The van der Waals surface area contributed by atoms with Crippen molar-refractivity contribution in [3.8, 4) is 5.75 Å². The second kappa shape index (κ2) is 7.41. The summed E-state index contributed by atoms with van der Waals surface area (Å²) in [6, 6.07) is 2.40. The van der Waals surface area contributed by atoms with Gasteiger partial charge in [0.2, 0.25) is 0 Å².